The molecule has 0 heterocycles. The van der Waals surface area contributed by atoms with Gasteiger partial charge in [0.15, 0.2) is 0 Å². The summed E-state index contributed by atoms with van der Waals surface area (Å²) in [6.07, 6.45) is 1.31. The number of aldehydes is 1. The van der Waals surface area contributed by atoms with Crippen LogP contribution < -0.4 is 5.32 Å². The molecule has 0 spiro atoms. The molecule has 0 bridgehead atoms. The van der Waals surface area contributed by atoms with Gasteiger partial charge in [0, 0.05) is 6.92 Å². The van der Waals surface area contributed by atoms with Gasteiger partial charge in [0.2, 0.25) is 5.91 Å². The van der Waals surface area contributed by atoms with Crippen LogP contribution in [-0.2, 0) is 16.0 Å². The fraction of sp³-hybridized carbons (Fsp3) is 0.333. The monoisotopic (exact) mass is 205 g/mol. The van der Waals surface area contributed by atoms with Gasteiger partial charge in [-0.25, -0.2) is 0 Å². The van der Waals surface area contributed by atoms with Crippen LogP contribution in [0.1, 0.15) is 18.1 Å². The SMILES string of the molecule is CC(=O)N[C@@H](C=O)Cc1ccc(C)cc1. The number of carbonyl (C=O) groups is 2. The molecule has 1 atom stereocenters. The number of aryl methyl sites for hydroxylation is 1. The van der Waals surface area contributed by atoms with Crippen LogP contribution in [0.25, 0.3) is 0 Å². The summed E-state index contributed by atoms with van der Waals surface area (Å²) in [5.41, 5.74) is 2.23. The molecular formula is C12H15NO2. The van der Waals surface area contributed by atoms with Gasteiger partial charge >= 0.3 is 0 Å². The van der Waals surface area contributed by atoms with Crippen LogP contribution >= 0.6 is 0 Å². The van der Waals surface area contributed by atoms with E-state index in [0.717, 1.165) is 11.8 Å². The van der Waals surface area contributed by atoms with Gasteiger partial charge in [0.25, 0.3) is 0 Å². The van der Waals surface area contributed by atoms with E-state index in [0.29, 0.717) is 6.42 Å². The molecule has 0 aromatic heterocycles. The van der Waals surface area contributed by atoms with Gasteiger partial charge in [-0.2, -0.15) is 0 Å². The van der Waals surface area contributed by atoms with Crippen molar-refractivity contribution in [2.75, 3.05) is 0 Å². The molecule has 0 unspecified atom stereocenters. The van der Waals surface area contributed by atoms with E-state index >= 15 is 0 Å². The lowest BCUT2D eigenvalue weighted by molar-refractivity contribution is -0.122. The Morgan fingerprint density at radius 2 is 2.00 bits per heavy atom. The summed E-state index contributed by atoms with van der Waals surface area (Å²) in [6, 6.07) is 7.49. The number of amides is 1. The van der Waals surface area contributed by atoms with Crippen LogP contribution in [0, 0.1) is 6.92 Å². The summed E-state index contributed by atoms with van der Waals surface area (Å²) in [5.74, 6) is -0.181. The summed E-state index contributed by atoms with van der Waals surface area (Å²) in [5, 5.41) is 2.59. The molecule has 3 nitrogen and oxygen atoms in total. The van der Waals surface area contributed by atoms with E-state index in [2.05, 4.69) is 5.32 Å². The highest BCUT2D eigenvalue weighted by Gasteiger charge is 2.08. The van der Waals surface area contributed by atoms with Crippen LogP contribution in [0.5, 0.6) is 0 Å². The van der Waals surface area contributed by atoms with Gasteiger partial charge in [-0.05, 0) is 18.9 Å². The van der Waals surface area contributed by atoms with Gasteiger partial charge < -0.3 is 10.1 Å². The molecule has 1 aromatic rings. The zero-order chi connectivity index (χ0) is 11.3. The van der Waals surface area contributed by atoms with Crippen molar-refractivity contribution in [3.8, 4) is 0 Å². The third-order valence-electron chi connectivity index (χ3n) is 2.13. The minimum absolute atomic E-state index is 0.181. The van der Waals surface area contributed by atoms with Crippen molar-refractivity contribution in [3.05, 3.63) is 35.4 Å². The van der Waals surface area contributed by atoms with Gasteiger partial charge in [0.1, 0.15) is 6.29 Å². The van der Waals surface area contributed by atoms with Gasteiger partial charge in [0.05, 0.1) is 6.04 Å². The number of benzene rings is 1. The zero-order valence-electron chi connectivity index (χ0n) is 8.99. The Morgan fingerprint density at radius 1 is 1.40 bits per heavy atom. The second-order valence-electron chi connectivity index (χ2n) is 3.63. The minimum Gasteiger partial charge on any atom is -0.346 e. The Balaban J connectivity index is 2.62. The average Bonchev–Trinajstić information content (AvgIpc) is 2.19. The van der Waals surface area contributed by atoms with Crippen LogP contribution in [0.15, 0.2) is 24.3 Å². The zero-order valence-corrected chi connectivity index (χ0v) is 8.99. The van der Waals surface area contributed by atoms with Crippen LogP contribution in [0.3, 0.4) is 0 Å². The van der Waals surface area contributed by atoms with E-state index in [1.165, 1.54) is 12.5 Å². The van der Waals surface area contributed by atoms with Gasteiger partial charge in [-0.1, -0.05) is 29.8 Å². The lowest BCUT2D eigenvalue weighted by Gasteiger charge is -2.11. The van der Waals surface area contributed by atoms with Crippen molar-refractivity contribution in [2.45, 2.75) is 26.3 Å². The first kappa shape index (κ1) is 11.4. The quantitative estimate of drug-likeness (QED) is 0.752. The highest BCUT2D eigenvalue weighted by atomic mass is 16.2. The van der Waals surface area contributed by atoms with Crippen molar-refractivity contribution in [3.63, 3.8) is 0 Å². The number of hydrogen-bond donors (Lipinski definition) is 1. The maximum absolute atomic E-state index is 10.8. The minimum atomic E-state index is -0.426. The molecule has 0 aliphatic rings. The smallest absolute Gasteiger partial charge is 0.217 e. The molecular weight excluding hydrogens is 190 g/mol. The van der Waals surface area contributed by atoms with E-state index in [1.807, 2.05) is 31.2 Å². The number of nitrogens with one attached hydrogen (secondary N) is 1. The number of hydrogen-bond acceptors (Lipinski definition) is 2. The predicted molar refractivity (Wildman–Crippen MR) is 58.6 cm³/mol. The van der Waals surface area contributed by atoms with Crippen LogP contribution in [0.2, 0.25) is 0 Å². The maximum Gasteiger partial charge on any atom is 0.217 e. The van der Waals surface area contributed by atoms with E-state index in [1.54, 1.807) is 0 Å². The van der Waals surface area contributed by atoms with E-state index in [4.69, 9.17) is 0 Å². The van der Waals surface area contributed by atoms with E-state index in [-0.39, 0.29) is 5.91 Å². The highest BCUT2D eigenvalue weighted by molar-refractivity contribution is 5.77. The molecule has 0 aliphatic carbocycles. The van der Waals surface area contributed by atoms with Crippen molar-refractivity contribution in [1.82, 2.24) is 5.32 Å². The normalized spacial score (nSPS) is 11.9. The molecule has 0 saturated heterocycles. The summed E-state index contributed by atoms with van der Waals surface area (Å²) < 4.78 is 0. The molecule has 0 saturated carbocycles. The second-order valence-corrected chi connectivity index (χ2v) is 3.63. The maximum atomic E-state index is 10.8. The van der Waals surface area contributed by atoms with E-state index in [9.17, 15) is 9.59 Å². The molecule has 1 N–H and O–H groups in total. The number of carbonyl (C=O) groups excluding carboxylic acids is 2. The van der Waals surface area contributed by atoms with Crippen LogP contribution in [0.4, 0.5) is 0 Å². The highest BCUT2D eigenvalue weighted by Crippen LogP contribution is 2.05. The standard InChI is InChI=1S/C12H15NO2/c1-9-3-5-11(6-4-9)7-12(8-14)13-10(2)15/h3-6,8,12H,7H2,1-2H3,(H,13,15)/t12-/m1/s1. The largest absolute Gasteiger partial charge is 0.346 e. The Labute approximate surface area is 89.5 Å². The molecule has 1 amide bonds. The Kier molecular flexibility index (Phi) is 4.03. The molecule has 0 radical (unpaired) electrons. The summed E-state index contributed by atoms with van der Waals surface area (Å²) >= 11 is 0. The topological polar surface area (TPSA) is 46.2 Å². The van der Waals surface area contributed by atoms with Crippen molar-refractivity contribution >= 4 is 12.2 Å². The fourth-order valence-corrected chi connectivity index (χ4v) is 1.37. The summed E-state index contributed by atoms with van der Waals surface area (Å²) in [7, 11) is 0. The third kappa shape index (κ3) is 3.94. The molecule has 80 valence electrons. The predicted octanol–water partition coefficient (Wildman–Crippen LogP) is 1.24. The van der Waals surface area contributed by atoms with Crippen molar-refractivity contribution in [1.29, 1.82) is 0 Å². The second kappa shape index (κ2) is 5.29. The molecule has 15 heavy (non-hydrogen) atoms. The first-order valence-electron chi connectivity index (χ1n) is 4.90. The first-order chi connectivity index (χ1) is 7.11. The Bertz CT molecular complexity index is 343. The molecule has 0 fully saturated rings. The molecule has 1 rings (SSSR count). The summed E-state index contributed by atoms with van der Waals surface area (Å²) in [6.45, 7) is 3.42. The lowest BCUT2D eigenvalue weighted by atomic mass is 10.1. The van der Waals surface area contributed by atoms with Gasteiger partial charge in [-0.15, -0.1) is 0 Å². The van der Waals surface area contributed by atoms with Crippen molar-refractivity contribution in [2.24, 2.45) is 0 Å². The molecule has 1 aromatic carbocycles. The van der Waals surface area contributed by atoms with E-state index < -0.39 is 6.04 Å². The third-order valence-corrected chi connectivity index (χ3v) is 2.13. The van der Waals surface area contributed by atoms with Crippen molar-refractivity contribution < 1.29 is 9.59 Å². The Hall–Kier alpha value is -1.64. The van der Waals surface area contributed by atoms with Crippen LogP contribution in [-0.4, -0.2) is 18.2 Å². The molecule has 0 aliphatic heterocycles. The average molecular weight is 205 g/mol. The number of rotatable bonds is 4. The molecule has 3 heteroatoms. The Morgan fingerprint density at radius 3 is 2.47 bits per heavy atom. The van der Waals surface area contributed by atoms with Gasteiger partial charge in [-0.3, -0.25) is 4.79 Å². The lowest BCUT2D eigenvalue weighted by Crippen LogP contribution is -2.35. The first-order valence-corrected chi connectivity index (χ1v) is 4.90. The summed E-state index contributed by atoms with van der Waals surface area (Å²) in [4.78, 5) is 21.5. The fourth-order valence-electron chi connectivity index (χ4n) is 1.37.